The fraction of sp³-hybridized carbons (Fsp3) is 0.930. The standard InChI is InChI=1S/C23H45NO4.C22H45NO2.C7H15NO2.C5H12O/c1-2-3-4-5-6-7-8-9-10-11-12-13-14-18-21-28-22(25)19-16-15-17-20-24-23(26)27;1-2-3-4-5-6-7-8-9-10-11-12-13-14-18-21-25-22(24)19-16-15-17-20-23;1-2-3-4-5-6(8)7(9)10;1-2-3-4-5-6/h24H,2-21H2,1H3,(H,26,27);2-21,23H2,1H3;6H,2-5,8H2,1H3,(H,9,10);6H,2-5H2,1H3. The molecule has 0 aromatic rings. The Labute approximate surface area is 426 Å². The zero-order chi connectivity index (χ0) is 51.9. The summed E-state index contributed by atoms with van der Waals surface area (Å²) in [5.74, 6) is -1.04. The highest BCUT2D eigenvalue weighted by Crippen LogP contribution is 2.15. The minimum Gasteiger partial charge on any atom is -0.530 e. The summed E-state index contributed by atoms with van der Waals surface area (Å²) >= 11 is 0. The van der Waals surface area contributed by atoms with Gasteiger partial charge in [0.1, 0.15) is 12.1 Å². The fourth-order valence-corrected chi connectivity index (χ4v) is 7.59. The first-order valence-corrected chi connectivity index (χ1v) is 29.2. The Bertz CT molecular complexity index is 1020. The Morgan fingerprint density at radius 3 is 1.07 bits per heavy atom. The molecule has 0 spiro atoms. The van der Waals surface area contributed by atoms with Crippen molar-refractivity contribution in [1.29, 1.82) is 0 Å². The first kappa shape index (κ1) is 73.1. The second-order valence-corrected chi connectivity index (χ2v) is 19.2. The summed E-state index contributed by atoms with van der Waals surface area (Å²) in [5.41, 5.74) is 9.07. The number of carbonyl (C=O) groups excluding carboxylic acids is 3. The predicted molar refractivity (Wildman–Crippen MR) is 287 cm³/mol. The van der Waals surface area contributed by atoms with Crippen LogP contribution in [0.4, 0.5) is 4.79 Å². The zero-order valence-corrected chi connectivity index (χ0v) is 46.1. The van der Waals surface area contributed by atoms with Crippen LogP contribution in [0.1, 0.15) is 304 Å². The predicted octanol–water partition coefficient (Wildman–Crippen LogP) is 13.5. The number of carboxylic acid groups (broad SMARTS) is 2. The Balaban J connectivity index is -0.000000467. The number of unbranched alkanes of at least 4 members (excludes halogenated alkanes) is 34. The van der Waals surface area contributed by atoms with Gasteiger partial charge >= 0.3 is 17.9 Å². The highest BCUT2D eigenvalue weighted by Gasteiger charge is 2.09. The van der Waals surface area contributed by atoms with E-state index in [1.165, 1.54) is 167 Å². The average Bonchev–Trinajstić information content (AvgIpc) is 3.33. The van der Waals surface area contributed by atoms with Gasteiger partial charge < -0.3 is 46.4 Å². The van der Waals surface area contributed by atoms with E-state index in [1.54, 1.807) is 0 Å². The lowest BCUT2D eigenvalue weighted by Gasteiger charge is -2.07. The number of amides is 1. The van der Waals surface area contributed by atoms with Crippen molar-refractivity contribution in [1.82, 2.24) is 5.32 Å². The van der Waals surface area contributed by atoms with Gasteiger partial charge in [0.2, 0.25) is 0 Å². The van der Waals surface area contributed by atoms with Crippen molar-refractivity contribution in [2.45, 2.75) is 310 Å². The highest BCUT2D eigenvalue weighted by molar-refractivity contribution is 5.73. The van der Waals surface area contributed by atoms with Crippen molar-refractivity contribution >= 4 is 24.0 Å². The molecular weight excluding hydrogens is 871 g/mol. The molecule has 12 nitrogen and oxygen atoms in total. The molecule has 414 valence electrons. The van der Waals surface area contributed by atoms with Crippen LogP contribution in [-0.2, 0) is 23.9 Å². The number of quaternary nitrogens is 1. The van der Waals surface area contributed by atoms with E-state index in [0.717, 1.165) is 96.4 Å². The summed E-state index contributed by atoms with van der Waals surface area (Å²) < 4.78 is 10.5. The number of esters is 2. The Morgan fingerprint density at radius 1 is 0.464 bits per heavy atom. The molecule has 0 rings (SSSR count). The minimum atomic E-state index is -1.24. The van der Waals surface area contributed by atoms with Crippen LogP contribution >= 0.6 is 0 Å². The second-order valence-electron chi connectivity index (χ2n) is 19.2. The van der Waals surface area contributed by atoms with Gasteiger partial charge in [-0.3, -0.25) is 14.4 Å². The number of rotatable bonds is 49. The second kappa shape index (κ2) is 67.6. The van der Waals surface area contributed by atoms with Gasteiger partial charge in [-0.2, -0.15) is 0 Å². The fourth-order valence-electron chi connectivity index (χ4n) is 7.59. The molecule has 0 aromatic heterocycles. The van der Waals surface area contributed by atoms with Crippen LogP contribution in [0.5, 0.6) is 0 Å². The molecule has 0 radical (unpaired) electrons. The number of aliphatic hydroxyl groups excluding tert-OH is 1. The van der Waals surface area contributed by atoms with E-state index in [2.05, 4.69) is 38.7 Å². The molecule has 69 heavy (non-hydrogen) atoms. The molecule has 8 N–H and O–H groups in total. The van der Waals surface area contributed by atoms with Gasteiger partial charge in [0.15, 0.2) is 0 Å². The smallest absolute Gasteiger partial charge is 0.320 e. The maximum Gasteiger partial charge on any atom is 0.320 e. The van der Waals surface area contributed by atoms with Crippen molar-refractivity contribution in [2.75, 3.05) is 32.9 Å². The Kier molecular flexibility index (Phi) is 71.7. The maximum atomic E-state index is 11.6. The molecule has 1 amide bonds. The van der Waals surface area contributed by atoms with Crippen molar-refractivity contribution < 1.29 is 49.7 Å². The number of hydrogen-bond acceptors (Lipinski definition) is 9. The van der Waals surface area contributed by atoms with Crippen LogP contribution in [0.3, 0.4) is 0 Å². The number of hydrogen-bond donors (Lipinski definition) is 5. The molecule has 1 atom stereocenters. The quantitative estimate of drug-likeness (QED) is 0.0287. The van der Waals surface area contributed by atoms with Crippen molar-refractivity contribution in [2.24, 2.45) is 5.73 Å². The molecule has 0 heterocycles. The normalized spacial score (nSPS) is 11.0. The molecule has 0 aliphatic heterocycles. The van der Waals surface area contributed by atoms with Gasteiger partial charge in [-0.1, -0.05) is 233 Å². The van der Waals surface area contributed by atoms with Gasteiger partial charge in [0.05, 0.1) is 19.8 Å². The van der Waals surface area contributed by atoms with E-state index < -0.39 is 18.1 Å². The molecule has 0 saturated carbocycles. The van der Waals surface area contributed by atoms with Crippen molar-refractivity contribution in [3.63, 3.8) is 0 Å². The van der Waals surface area contributed by atoms with E-state index in [0.29, 0.717) is 45.6 Å². The first-order chi connectivity index (χ1) is 33.6. The molecule has 0 aliphatic rings. The molecule has 0 aliphatic carbocycles. The van der Waals surface area contributed by atoms with Crippen LogP contribution in [0.25, 0.3) is 0 Å². The number of carbonyl (C=O) groups is 4. The average molecular weight is 989 g/mol. The third kappa shape index (κ3) is 77.2. The number of nitrogens with one attached hydrogen (secondary N) is 1. The summed E-state index contributed by atoms with van der Waals surface area (Å²) in [6, 6.07) is -0.661. The van der Waals surface area contributed by atoms with E-state index in [-0.39, 0.29) is 11.9 Å². The van der Waals surface area contributed by atoms with Crippen LogP contribution in [0, 0.1) is 0 Å². The molecule has 0 fully saturated rings. The van der Waals surface area contributed by atoms with Gasteiger partial charge in [0.25, 0.3) is 0 Å². The van der Waals surface area contributed by atoms with Crippen LogP contribution in [0.2, 0.25) is 0 Å². The van der Waals surface area contributed by atoms with Gasteiger partial charge in [-0.05, 0) is 57.8 Å². The van der Waals surface area contributed by atoms with E-state index in [4.69, 9.17) is 25.4 Å². The lowest BCUT2D eigenvalue weighted by molar-refractivity contribution is -0.368. The SMILES string of the molecule is CCCCCC(N)C(=O)O.CCCCCCCCCCCCCCCCOC(=O)CCCCCNC(=O)[O-].CCCCCCCCCCCCCCCCOC(=O)CCCCC[NH3+].CCCCCO. The lowest BCUT2D eigenvalue weighted by atomic mass is 10.0. The summed E-state index contributed by atoms with van der Waals surface area (Å²) in [6.07, 6.45) is 49.7. The van der Waals surface area contributed by atoms with Crippen LogP contribution in [-0.4, -0.2) is 73.2 Å². The molecule has 12 heteroatoms. The molecule has 1 unspecified atom stereocenters. The van der Waals surface area contributed by atoms with Crippen LogP contribution in [0.15, 0.2) is 0 Å². The van der Waals surface area contributed by atoms with Crippen molar-refractivity contribution in [3.05, 3.63) is 0 Å². The first-order valence-electron chi connectivity index (χ1n) is 29.2. The number of ether oxygens (including phenoxy) is 2. The summed E-state index contributed by atoms with van der Waals surface area (Å²) in [5, 5.41) is 28.9. The molecule has 0 aromatic carbocycles. The Hall–Kier alpha value is -2.44. The Morgan fingerprint density at radius 2 is 0.768 bits per heavy atom. The zero-order valence-electron chi connectivity index (χ0n) is 46.1. The van der Waals surface area contributed by atoms with Gasteiger partial charge in [0, 0.05) is 26.0 Å². The van der Waals surface area contributed by atoms with Crippen molar-refractivity contribution in [3.8, 4) is 0 Å². The summed E-state index contributed by atoms with van der Waals surface area (Å²) in [4.78, 5) is 43.4. The maximum absolute atomic E-state index is 11.6. The third-order valence-electron chi connectivity index (χ3n) is 12.2. The van der Waals surface area contributed by atoms with Crippen LogP contribution < -0.4 is 21.9 Å². The molecule has 0 saturated heterocycles. The summed E-state index contributed by atoms with van der Waals surface area (Å²) in [7, 11) is 0. The van der Waals surface area contributed by atoms with E-state index in [9.17, 15) is 24.3 Å². The number of nitrogens with two attached hydrogens (primary N) is 1. The van der Waals surface area contributed by atoms with Gasteiger partial charge in [-0.15, -0.1) is 0 Å². The van der Waals surface area contributed by atoms with E-state index in [1.807, 2.05) is 0 Å². The largest absolute Gasteiger partial charge is 0.530 e. The highest BCUT2D eigenvalue weighted by atomic mass is 16.5. The summed E-state index contributed by atoms with van der Waals surface area (Å²) in [6.45, 7) is 11.6. The van der Waals surface area contributed by atoms with Gasteiger partial charge in [-0.25, -0.2) is 0 Å². The van der Waals surface area contributed by atoms with E-state index >= 15 is 0 Å². The third-order valence-corrected chi connectivity index (χ3v) is 12.2. The number of aliphatic carboxylic acids is 1. The molecule has 0 bridgehead atoms. The number of aliphatic hydroxyl groups is 1. The lowest BCUT2D eigenvalue weighted by Crippen LogP contribution is -2.50. The monoisotopic (exact) mass is 988 g/mol. The molecular formula is C57H117N3O9. The topological polar surface area (TPSA) is 216 Å². The minimum absolute atomic E-state index is 0.0150. The number of carboxylic acids is 1.